The van der Waals surface area contributed by atoms with Gasteiger partial charge in [-0.15, -0.1) is 11.3 Å². The third kappa shape index (κ3) is 1.68. The van der Waals surface area contributed by atoms with Crippen LogP contribution in [0.25, 0.3) is 0 Å². The van der Waals surface area contributed by atoms with Crippen LogP contribution in [0.15, 0.2) is 35.4 Å². The molecular formula is C11H10N2OS. The number of aromatic nitrogens is 2. The summed E-state index contributed by atoms with van der Waals surface area (Å²) >= 11 is 1.49. The van der Waals surface area contributed by atoms with E-state index in [-0.39, 0.29) is 0 Å². The molecule has 0 aromatic carbocycles. The van der Waals surface area contributed by atoms with E-state index >= 15 is 0 Å². The Balaban J connectivity index is 2.52. The Hall–Kier alpha value is -1.55. The van der Waals surface area contributed by atoms with Gasteiger partial charge in [-0.05, 0) is 18.6 Å². The first-order valence-corrected chi connectivity index (χ1v) is 5.47. The fourth-order valence-corrected chi connectivity index (χ4v) is 2.09. The molecule has 3 nitrogen and oxygen atoms in total. The molecular weight excluding hydrogens is 208 g/mol. The molecule has 0 aliphatic carbocycles. The van der Waals surface area contributed by atoms with E-state index in [9.17, 15) is 4.79 Å². The van der Waals surface area contributed by atoms with E-state index in [1.165, 1.54) is 11.3 Å². The Kier molecular flexibility index (Phi) is 2.60. The number of hydrogen-bond donors (Lipinski definition) is 0. The maximum Gasteiger partial charge on any atom is 0.136 e. The monoisotopic (exact) mass is 218 g/mol. The second kappa shape index (κ2) is 3.90. The fourth-order valence-electron chi connectivity index (χ4n) is 1.42. The van der Waals surface area contributed by atoms with Gasteiger partial charge in [0.2, 0.25) is 0 Å². The first kappa shape index (κ1) is 9.98. The number of pyridine rings is 1. The van der Waals surface area contributed by atoms with Gasteiger partial charge in [0.05, 0.1) is 16.6 Å². The zero-order valence-corrected chi connectivity index (χ0v) is 9.07. The van der Waals surface area contributed by atoms with Gasteiger partial charge in [0.25, 0.3) is 0 Å². The van der Waals surface area contributed by atoms with Crippen LogP contribution in [0.4, 0.5) is 0 Å². The van der Waals surface area contributed by atoms with Crippen LogP contribution in [0.3, 0.4) is 0 Å². The quantitative estimate of drug-likeness (QED) is 0.740. The van der Waals surface area contributed by atoms with Crippen LogP contribution in [-0.4, -0.2) is 16.3 Å². The van der Waals surface area contributed by atoms with Crippen LogP contribution < -0.4 is 0 Å². The summed E-state index contributed by atoms with van der Waals surface area (Å²) < 4.78 is 0. The SMILES string of the molecule is CC(C=O)(c1cccnc1)c1cscn1. The van der Waals surface area contributed by atoms with Crippen molar-refractivity contribution in [3.63, 3.8) is 0 Å². The maximum atomic E-state index is 11.3. The van der Waals surface area contributed by atoms with Gasteiger partial charge in [-0.2, -0.15) is 0 Å². The molecule has 4 heteroatoms. The van der Waals surface area contributed by atoms with E-state index in [0.717, 1.165) is 17.5 Å². The topological polar surface area (TPSA) is 42.9 Å². The second-order valence-electron chi connectivity index (χ2n) is 3.44. The largest absolute Gasteiger partial charge is 0.302 e. The third-order valence-electron chi connectivity index (χ3n) is 2.46. The molecule has 0 saturated heterocycles. The summed E-state index contributed by atoms with van der Waals surface area (Å²) in [5.41, 5.74) is 2.68. The van der Waals surface area contributed by atoms with Gasteiger partial charge in [-0.25, -0.2) is 4.98 Å². The minimum Gasteiger partial charge on any atom is -0.302 e. The number of thiazole rings is 1. The normalized spacial score (nSPS) is 14.5. The zero-order valence-electron chi connectivity index (χ0n) is 8.25. The van der Waals surface area contributed by atoms with Gasteiger partial charge in [0, 0.05) is 17.8 Å². The number of carbonyl (C=O) groups excluding carboxylic acids is 1. The average Bonchev–Trinajstić information content (AvgIpc) is 2.83. The highest BCUT2D eigenvalue weighted by atomic mass is 32.1. The summed E-state index contributed by atoms with van der Waals surface area (Å²) in [7, 11) is 0. The lowest BCUT2D eigenvalue weighted by molar-refractivity contribution is -0.111. The molecule has 0 aliphatic heterocycles. The number of hydrogen-bond acceptors (Lipinski definition) is 4. The van der Waals surface area contributed by atoms with Crippen molar-refractivity contribution in [3.05, 3.63) is 46.7 Å². The van der Waals surface area contributed by atoms with E-state index < -0.39 is 5.41 Å². The molecule has 0 N–H and O–H groups in total. The fraction of sp³-hybridized carbons (Fsp3) is 0.182. The molecule has 2 rings (SSSR count). The van der Waals surface area contributed by atoms with Gasteiger partial charge in [0.1, 0.15) is 6.29 Å². The lowest BCUT2D eigenvalue weighted by atomic mass is 9.82. The summed E-state index contributed by atoms with van der Waals surface area (Å²) in [6.07, 6.45) is 4.31. The van der Waals surface area contributed by atoms with Crippen LogP contribution in [0.2, 0.25) is 0 Å². The average molecular weight is 218 g/mol. The van der Waals surface area contributed by atoms with Crippen molar-refractivity contribution in [2.75, 3.05) is 0 Å². The first-order valence-electron chi connectivity index (χ1n) is 4.53. The van der Waals surface area contributed by atoms with Crippen molar-refractivity contribution in [3.8, 4) is 0 Å². The molecule has 2 heterocycles. The second-order valence-corrected chi connectivity index (χ2v) is 4.15. The Morgan fingerprint density at radius 2 is 2.40 bits per heavy atom. The van der Waals surface area contributed by atoms with E-state index in [4.69, 9.17) is 0 Å². The summed E-state index contributed by atoms with van der Waals surface area (Å²) in [6.45, 7) is 1.85. The predicted molar refractivity (Wildman–Crippen MR) is 58.9 cm³/mol. The molecule has 1 unspecified atom stereocenters. The number of carbonyl (C=O) groups is 1. The van der Waals surface area contributed by atoms with Crippen molar-refractivity contribution in [2.24, 2.45) is 0 Å². The van der Waals surface area contributed by atoms with Gasteiger partial charge >= 0.3 is 0 Å². The Morgan fingerprint density at radius 3 is 2.93 bits per heavy atom. The molecule has 0 bridgehead atoms. The lowest BCUT2D eigenvalue weighted by Gasteiger charge is -2.20. The van der Waals surface area contributed by atoms with Crippen LogP contribution in [0.5, 0.6) is 0 Å². The van der Waals surface area contributed by atoms with Gasteiger partial charge < -0.3 is 4.79 Å². The van der Waals surface area contributed by atoms with Crippen LogP contribution in [-0.2, 0) is 10.2 Å². The van der Waals surface area contributed by atoms with E-state index in [0.29, 0.717) is 0 Å². The highest BCUT2D eigenvalue weighted by Crippen LogP contribution is 2.28. The molecule has 76 valence electrons. The molecule has 0 spiro atoms. The van der Waals surface area contributed by atoms with Crippen LogP contribution in [0.1, 0.15) is 18.2 Å². The molecule has 0 aliphatic rings. The number of rotatable bonds is 3. The van der Waals surface area contributed by atoms with Crippen molar-refractivity contribution in [2.45, 2.75) is 12.3 Å². The highest BCUT2D eigenvalue weighted by Gasteiger charge is 2.30. The summed E-state index contributed by atoms with van der Waals surface area (Å²) in [5, 5.41) is 1.89. The maximum absolute atomic E-state index is 11.3. The summed E-state index contributed by atoms with van der Waals surface area (Å²) in [6, 6.07) is 3.71. The van der Waals surface area contributed by atoms with E-state index in [1.807, 2.05) is 24.4 Å². The Bertz CT molecular complexity index is 441. The van der Waals surface area contributed by atoms with Gasteiger partial charge in [-0.1, -0.05) is 6.07 Å². The van der Waals surface area contributed by atoms with Crippen molar-refractivity contribution < 1.29 is 4.79 Å². The summed E-state index contributed by atoms with van der Waals surface area (Å²) in [5.74, 6) is 0. The lowest BCUT2D eigenvalue weighted by Crippen LogP contribution is -2.25. The standard InChI is InChI=1S/C11H10N2OS/c1-11(7-14,10-6-15-8-13-10)9-3-2-4-12-5-9/h2-8H,1H3. The number of nitrogens with zero attached hydrogens (tertiary/aromatic N) is 2. The Labute approximate surface area is 91.8 Å². The molecule has 0 fully saturated rings. The predicted octanol–water partition coefficient (Wildman–Crippen LogP) is 2.04. The minimum absolute atomic E-state index is 0.686. The molecule has 2 aromatic heterocycles. The Morgan fingerprint density at radius 1 is 1.53 bits per heavy atom. The molecule has 0 saturated carbocycles. The van der Waals surface area contributed by atoms with Gasteiger partial charge in [-0.3, -0.25) is 4.98 Å². The zero-order chi connectivity index (χ0) is 10.7. The third-order valence-corrected chi connectivity index (χ3v) is 3.05. The molecule has 2 aromatic rings. The first-order chi connectivity index (χ1) is 7.27. The van der Waals surface area contributed by atoms with Crippen LogP contribution in [0, 0.1) is 0 Å². The number of aldehydes is 1. The molecule has 0 amide bonds. The minimum atomic E-state index is -0.686. The van der Waals surface area contributed by atoms with E-state index in [2.05, 4.69) is 9.97 Å². The molecule has 1 atom stereocenters. The van der Waals surface area contributed by atoms with Crippen molar-refractivity contribution >= 4 is 17.6 Å². The van der Waals surface area contributed by atoms with Crippen LogP contribution >= 0.6 is 11.3 Å². The smallest absolute Gasteiger partial charge is 0.136 e. The van der Waals surface area contributed by atoms with E-state index in [1.54, 1.807) is 17.9 Å². The van der Waals surface area contributed by atoms with Crippen molar-refractivity contribution in [1.29, 1.82) is 0 Å². The van der Waals surface area contributed by atoms with Crippen molar-refractivity contribution in [1.82, 2.24) is 9.97 Å². The molecule has 15 heavy (non-hydrogen) atoms. The molecule has 0 radical (unpaired) electrons. The summed E-state index contributed by atoms with van der Waals surface area (Å²) in [4.78, 5) is 19.5. The highest BCUT2D eigenvalue weighted by molar-refractivity contribution is 7.07. The van der Waals surface area contributed by atoms with Gasteiger partial charge in [0.15, 0.2) is 0 Å².